The largest absolute Gasteiger partial charge is 0.299 e. The van der Waals surface area contributed by atoms with Gasteiger partial charge >= 0.3 is 0 Å². The van der Waals surface area contributed by atoms with Gasteiger partial charge in [-0.05, 0) is 30.4 Å². The number of hydrogen-bond acceptors (Lipinski definition) is 1. The van der Waals surface area contributed by atoms with Gasteiger partial charge in [0.1, 0.15) is 5.78 Å². The molecule has 0 aliphatic heterocycles. The highest BCUT2D eigenvalue weighted by molar-refractivity contribution is 5.97. The molecule has 0 aromatic heterocycles. The first-order valence-electron chi connectivity index (χ1n) is 6.15. The number of benzene rings is 1. The van der Waals surface area contributed by atoms with Gasteiger partial charge in [0.2, 0.25) is 0 Å². The molecule has 0 heterocycles. The number of allylic oxidation sites excluding steroid dienone is 2. The van der Waals surface area contributed by atoms with Gasteiger partial charge < -0.3 is 0 Å². The minimum atomic E-state index is 0.190. The van der Waals surface area contributed by atoms with Gasteiger partial charge in [0, 0.05) is 11.8 Å². The fourth-order valence-corrected chi connectivity index (χ4v) is 3.04. The summed E-state index contributed by atoms with van der Waals surface area (Å²) in [6.07, 6.45) is 6.62. The van der Waals surface area contributed by atoms with Crippen molar-refractivity contribution in [2.24, 2.45) is 11.8 Å². The summed E-state index contributed by atoms with van der Waals surface area (Å²) in [4.78, 5) is 12.2. The molecule has 2 atom stereocenters. The Hall–Kier alpha value is -1.37. The van der Waals surface area contributed by atoms with Crippen LogP contribution in [0.2, 0.25) is 0 Å². The van der Waals surface area contributed by atoms with E-state index in [-0.39, 0.29) is 5.92 Å². The summed E-state index contributed by atoms with van der Waals surface area (Å²) in [5.41, 5.74) is 2.52. The minimum Gasteiger partial charge on any atom is -0.299 e. The van der Waals surface area contributed by atoms with Crippen LogP contribution in [-0.2, 0) is 4.79 Å². The molecule has 2 aliphatic carbocycles. The van der Waals surface area contributed by atoms with Crippen molar-refractivity contribution >= 4 is 11.4 Å². The summed E-state index contributed by atoms with van der Waals surface area (Å²) in [6.45, 7) is 0. The summed E-state index contributed by atoms with van der Waals surface area (Å²) in [5, 5.41) is 0. The van der Waals surface area contributed by atoms with E-state index >= 15 is 0 Å². The monoisotopic (exact) mass is 212 g/mol. The maximum atomic E-state index is 12.2. The van der Waals surface area contributed by atoms with Gasteiger partial charge in [0.15, 0.2) is 0 Å². The van der Waals surface area contributed by atoms with Crippen LogP contribution in [0.3, 0.4) is 0 Å². The number of Topliss-reactive ketones (excluding diaryl/α,β-unsaturated/α-hetero) is 1. The van der Waals surface area contributed by atoms with E-state index in [2.05, 4.69) is 30.3 Å². The van der Waals surface area contributed by atoms with E-state index in [1.807, 2.05) is 6.07 Å². The third-order valence-electron chi connectivity index (χ3n) is 3.90. The lowest BCUT2D eigenvalue weighted by atomic mass is 9.69. The highest BCUT2D eigenvalue weighted by atomic mass is 16.1. The Kier molecular flexibility index (Phi) is 2.39. The molecule has 1 fully saturated rings. The van der Waals surface area contributed by atoms with E-state index in [1.165, 1.54) is 17.6 Å². The predicted molar refractivity (Wildman–Crippen MR) is 64.9 cm³/mol. The number of carbonyl (C=O) groups is 1. The van der Waals surface area contributed by atoms with E-state index in [0.717, 1.165) is 19.3 Å². The van der Waals surface area contributed by atoms with Gasteiger partial charge in [-0.2, -0.15) is 0 Å². The molecule has 0 spiro atoms. The first kappa shape index (κ1) is 9.83. The van der Waals surface area contributed by atoms with Gasteiger partial charge in [-0.25, -0.2) is 0 Å². The molecule has 1 aromatic rings. The Labute approximate surface area is 96.2 Å². The molecule has 1 nitrogen and oxygen atoms in total. The van der Waals surface area contributed by atoms with Gasteiger partial charge in [0.05, 0.1) is 0 Å². The number of rotatable bonds is 1. The number of hydrogen-bond donors (Lipinski definition) is 0. The average Bonchev–Trinajstić information content (AvgIpc) is 2.30. The zero-order valence-corrected chi connectivity index (χ0v) is 9.36. The van der Waals surface area contributed by atoms with Crippen LogP contribution in [0.1, 0.15) is 31.2 Å². The van der Waals surface area contributed by atoms with E-state index in [1.54, 1.807) is 0 Å². The second kappa shape index (κ2) is 3.89. The normalized spacial score (nSPS) is 28.8. The lowest BCUT2D eigenvalue weighted by Gasteiger charge is -2.33. The van der Waals surface area contributed by atoms with Crippen LogP contribution in [0.25, 0.3) is 5.57 Å². The topological polar surface area (TPSA) is 17.1 Å². The van der Waals surface area contributed by atoms with Crippen LogP contribution >= 0.6 is 0 Å². The third-order valence-corrected chi connectivity index (χ3v) is 3.90. The van der Waals surface area contributed by atoms with Crippen molar-refractivity contribution in [2.75, 3.05) is 0 Å². The second-order valence-electron chi connectivity index (χ2n) is 4.84. The first-order valence-corrected chi connectivity index (χ1v) is 6.15. The zero-order valence-electron chi connectivity index (χ0n) is 9.36. The predicted octanol–water partition coefficient (Wildman–Crippen LogP) is 3.46. The van der Waals surface area contributed by atoms with Crippen molar-refractivity contribution in [3.8, 4) is 0 Å². The number of fused-ring (bicyclic) bond motifs is 2. The van der Waals surface area contributed by atoms with E-state index in [0.29, 0.717) is 11.7 Å². The fourth-order valence-electron chi connectivity index (χ4n) is 3.04. The summed E-state index contributed by atoms with van der Waals surface area (Å²) in [6, 6.07) is 10.4. The van der Waals surface area contributed by atoms with Crippen molar-refractivity contribution in [3.05, 3.63) is 42.0 Å². The molecule has 1 heteroatoms. The van der Waals surface area contributed by atoms with Gasteiger partial charge in [-0.3, -0.25) is 4.79 Å². The SMILES string of the molecule is O=C1[C@@H]2CC=C(c3ccccc3)[C@H]1CCC2. The molecule has 1 saturated carbocycles. The van der Waals surface area contributed by atoms with Gasteiger partial charge in [-0.1, -0.05) is 42.8 Å². The Bertz CT molecular complexity index is 430. The molecule has 3 rings (SSSR count). The van der Waals surface area contributed by atoms with Crippen LogP contribution in [0.15, 0.2) is 36.4 Å². The average molecular weight is 212 g/mol. The fraction of sp³-hybridized carbons (Fsp3) is 0.400. The van der Waals surface area contributed by atoms with Crippen molar-refractivity contribution in [2.45, 2.75) is 25.7 Å². The number of ketones is 1. The van der Waals surface area contributed by atoms with Crippen molar-refractivity contribution in [1.29, 1.82) is 0 Å². The molecule has 0 saturated heterocycles. The molecule has 2 aliphatic rings. The molecule has 1 aromatic carbocycles. The Morgan fingerprint density at radius 1 is 1.06 bits per heavy atom. The van der Waals surface area contributed by atoms with Crippen LogP contribution in [0.4, 0.5) is 0 Å². The standard InChI is InChI=1S/C15H16O/c16-15-12-7-4-8-14(15)13(10-9-12)11-5-2-1-3-6-11/h1-3,5-6,10,12,14H,4,7-9H2/t12-,14+/m0/s1. The van der Waals surface area contributed by atoms with Gasteiger partial charge in [0.25, 0.3) is 0 Å². The molecule has 0 radical (unpaired) electrons. The lowest BCUT2D eigenvalue weighted by Crippen LogP contribution is -2.32. The molecular formula is C15H16O. The van der Waals surface area contributed by atoms with E-state index < -0.39 is 0 Å². The third kappa shape index (κ3) is 1.51. The van der Waals surface area contributed by atoms with E-state index in [4.69, 9.17) is 0 Å². The van der Waals surface area contributed by atoms with Crippen LogP contribution in [0.5, 0.6) is 0 Å². The van der Waals surface area contributed by atoms with Crippen molar-refractivity contribution in [1.82, 2.24) is 0 Å². The summed E-state index contributed by atoms with van der Waals surface area (Å²) >= 11 is 0. The van der Waals surface area contributed by atoms with Crippen LogP contribution in [-0.4, -0.2) is 5.78 Å². The molecule has 16 heavy (non-hydrogen) atoms. The highest BCUT2D eigenvalue weighted by Gasteiger charge is 2.36. The molecule has 2 bridgehead atoms. The first-order chi connectivity index (χ1) is 7.86. The molecule has 82 valence electrons. The Morgan fingerprint density at radius 2 is 1.88 bits per heavy atom. The summed E-state index contributed by atoms with van der Waals surface area (Å²) in [5.74, 6) is 1.01. The minimum absolute atomic E-state index is 0.190. The zero-order chi connectivity index (χ0) is 11.0. The summed E-state index contributed by atoms with van der Waals surface area (Å²) < 4.78 is 0. The lowest BCUT2D eigenvalue weighted by molar-refractivity contribution is -0.127. The Balaban J connectivity index is 1.99. The second-order valence-corrected chi connectivity index (χ2v) is 4.84. The van der Waals surface area contributed by atoms with Crippen molar-refractivity contribution < 1.29 is 4.79 Å². The summed E-state index contributed by atoms with van der Waals surface area (Å²) in [7, 11) is 0. The maximum absolute atomic E-state index is 12.2. The van der Waals surface area contributed by atoms with E-state index in [9.17, 15) is 4.79 Å². The van der Waals surface area contributed by atoms with Crippen LogP contribution < -0.4 is 0 Å². The Morgan fingerprint density at radius 3 is 2.69 bits per heavy atom. The quantitative estimate of drug-likeness (QED) is 0.696. The highest BCUT2D eigenvalue weighted by Crippen LogP contribution is 2.41. The molecule has 0 amide bonds. The number of carbonyl (C=O) groups excluding carboxylic acids is 1. The molecule has 0 N–H and O–H groups in total. The van der Waals surface area contributed by atoms with Gasteiger partial charge in [-0.15, -0.1) is 0 Å². The maximum Gasteiger partial charge on any atom is 0.143 e. The molecular weight excluding hydrogens is 196 g/mol. The van der Waals surface area contributed by atoms with Crippen molar-refractivity contribution in [3.63, 3.8) is 0 Å². The van der Waals surface area contributed by atoms with Crippen LogP contribution in [0, 0.1) is 11.8 Å². The molecule has 0 unspecified atom stereocenters. The smallest absolute Gasteiger partial charge is 0.143 e.